The van der Waals surface area contributed by atoms with Crippen LogP contribution >= 0.6 is 0 Å². The number of hydrogen-bond acceptors (Lipinski definition) is 5. The van der Waals surface area contributed by atoms with E-state index in [4.69, 9.17) is 4.52 Å². The minimum Gasteiger partial charge on any atom is -0.480 e. The maximum absolute atomic E-state index is 12.9. The van der Waals surface area contributed by atoms with Crippen molar-refractivity contribution in [3.63, 3.8) is 0 Å². The summed E-state index contributed by atoms with van der Waals surface area (Å²) >= 11 is 0. The van der Waals surface area contributed by atoms with Crippen LogP contribution in [-0.2, 0) is 11.3 Å². The van der Waals surface area contributed by atoms with Gasteiger partial charge in [0, 0.05) is 5.56 Å². The van der Waals surface area contributed by atoms with Crippen molar-refractivity contribution >= 4 is 5.97 Å². The summed E-state index contributed by atoms with van der Waals surface area (Å²) in [6.45, 7) is 1.01. The van der Waals surface area contributed by atoms with Gasteiger partial charge in [0.1, 0.15) is 11.9 Å². The average Bonchev–Trinajstić information content (AvgIpc) is 2.97. The molecule has 1 atom stereocenters. The number of halogens is 1. The Hall–Kier alpha value is -2.28. The van der Waals surface area contributed by atoms with Gasteiger partial charge >= 0.3 is 5.97 Å². The number of likely N-dealkylation sites (tertiary alicyclic amines) is 1. The van der Waals surface area contributed by atoms with E-state index in [1.165, 1.54) is 12.1 Å². The topological polar surface area (TPSA) is 79.5 Å². The molecule has 1 unspecified atom stereocenters. The van der Waals surface area contributed by atoms with Gasteiger partial charge in [0.15, 0.2) is 0 Å². The van der Waals surface area contributed by atoms with Crippen LogP contribution in [0.1, 0.15) is 25.2 Å². The van der Waals surface area contributed by atoms with E-state index in [0.717, 1.165) is 12.8 Å². The Kier molecular flexibility index (Phi) is 4.15. The third-order valence-corrected chi connectivity index (χ3v) is 3.81. The van der Waals surface area contributed by atoms with E-state index in [9.17, 15) is 14.3 Å². The van der Waals surface area contributed by atoms with E-state index >= 15 is 0 Å². The van der Waals surface area contributed by atoms with Gasteiger partial charge in [-0.05, 0) is 43.7 Å². The highest BCUT2D eigenvalue weighted by Gasteiger charge is 2.29. The zero-order chi connectivity index (χ0) is 15.5. The van der Waals surface area contributed by atoms with Gasteiger partial charge in [-0.2, -0.15) is 4.98 Å². The van der Waals surface area contributed by atoms with Crippen LogP contribution in [0.2, 0.25) is 0 Å². The number of hydrogen-bond donors (Lipinski definition) is 1. The molecule has 0 spiro atoms. The normalized spacial score (nSPS) is 19.2. The first-order valence-electron chi connectivity index (χ1n) is 7.19. The maximum Gasteiger partial charge on any atom is 0.320 e. The van der Waals surface area contributed by atoms with Crippen LogP contribution in [0.15, 0.2) is 28.8 Å². The molecule has 1 aromatic carbocycles. The van der Waals surface area contributed by atoms with Gasteiger partial charge in [-0.1, -0.05) is 11.6 Å². The molecule has 0 amide bonds. The van der Waals surface area contributed by atoms with Gasteiger partial charge in [0.25, 0.3) is 0 Å². The first kappa shape index (κ1) is 14.6. The monoisotopic (exact) mass is 305 g/mol. The van der Waals surface area contributed by atoms with Crippen LogP contribution in [0.4, 0.5) is 4.39 Å². The van der Waals surface area contributed by atoms with E-state index in [1.807, 2.05) is 4.90 Å². The Morgan fingerprint density at radius 1 is 1.36 bits per heavy atom. The first-order chi connectivity index (χ1) is 10.6. The summed E-state index contributed by atoms with van der Waals surface area (Å²) in [5.74, 6) is -0.408. The van der Waals surface area contributed by atoms with Gasteiger partial charge < -0.3 is 9.63 Å². The number of carboxylic acids is 1. The Labute approximate surface area is 126 Å². The zero-order valence-corrected chi connectivity index (χ0v) is 11.9. The number of rotatable bonds is 4. The van der Waals surface area contributed by atoms with Crippen LogP contribution in [0.5, 0.6) is 0 Å². The predicted octanol–water partition coefficient (Wildman–Crippen LogP) is 2.31. The number of nitrogens with zero attached hydrogens (tertiary/aromatic N) is 3. The fourth-order valence-electron chi connectivity index (χ4n) is 2.67. The largest absolute Gasteiger partial charge is 0.480 e. The van der Waals surface area contributed by atoms with Crippen molar-refractivity contribution in [3.05, 3.63) is 36.0 Å². The highest BCUT2D eigenvalue weighted by molar-refractivity contribution is 5.73. The smallest absolute Gasteiger partial charge is 0.320 e. The molecule has 1 saturated heterocycles. The summed E-state index contributed by atoms with van der Waals surface area (Å²) in [5.41, 5.74) is 0.657. The standard InChI is InChI=1S/C15H16FN3O3/c16-11-6-4-10(5-7-11)14-17-13(22-18-14)9-19-8-2-1-3-12(19)15(20)21/h4-7,12H,1-3,8-9H2,(H,20,21). The summed E-state index contributed by atoms with van der Waals surface area (Å²) < 4.78 is 18.1. The number of carbonyl (C=O) groups is 1. The molecule has 2 heterocycles. The van der Waals surface area contributed by atoms with Crippen LogP contribution in [0, 0.1) is 5.82 Å². The minimum absolute atomic E-state index is 0.311. The third-order valence-electron chi connectivity index (χ3n) is 3.81. The molecule has 1 fully saturated rings. The molecule has 3 rings (SSSR count). The highest BCUT2D eigenvalue weighted by Crippen LogP contribution is 2.21. The van der Waals surface area contributed by atoms with Crippen molar-refractivity contribution in [2.45, 2.75) is 31.8 Å². The second-order valence-electron chi connectivity index (χ2n) is 5.34. The molecule has 1 aromatic heterocycles. The third kappa shape index (κ3) is 3.14. The number of carboxylic acid groups (broad SMARTS) is 1. The summed E-state index contributed by atoms with van der Waals surface area (Å²) in [6.07, 6.45) is 2.51. The lowest BCUT2D eigenvalue weighted by Gasteiger charge is -2.31. The predicted molar refractivity (Wildman–Crippen MR) is 75.4 cm³/mol. The van der Waals surface area contributed by atoms with Crippen molar-refractivity contribution in [2.24, 2.45) is 0 Å². The summed E-state index contributed by atoms with van der Waals surface area (Å²) in [5, 5.41) is 13.1. The molecule has 2 aromatic rings. The molecule has 1 aliphatic rings. The maximum atomic E-state index is 12.9. The average molecular weight is 305 g/mol. The fourth-order valence-corrected chi connectivity index (χ4v) is 2.67. The fraction of sp³-hybridized carbons (Fsp3) is 0.400. The van der Waals surface area contributed by atoms with Crippen LogP contribution in [0.3, 0.4) is 0 Å². The van der Waals surface area contributed by atoms with Gasteiger partial charge in [-0.25, -0.2) is 4.39 Å². The molecule has 22 heavy (non-hydrogen) atoms. The lowest BCUT2D eigenvalue weighted by atomic mass is 10.0. The summed E-state index contributed by atoms with van der Waals surface area (Å²) in [7, 11) is 0. The Morgan fingerprint density at radius 3 is 2.86 bits per heavy atom. The number of aliphatic carboxylic acids is 1. The first-order valence-corrected chi connectivity index (χ1v) is 7.19. The zero-order valence-electron chi connectivity index (χ0n) is 11.9. The molecule has 6 nitrogen and oxygen atoms in total. The summed E-state index contributed by atoms with van der Waals surface area (Å²) in [4.78, 5) is 17.4. The molecule has 116 valence electrons. The molecule has 0 bridgehead atoms. The Bertz CT molecular complexity index is 656. The number of piperidine rings is 1. The van der Waals surface area contributed by atoms with E-state index in [-0.39, 0.29) is 5.82 Å². The van der Waals surface area contributed by atoms with Crippen LogP contribution < -0.4 is 0 Å². The summed E-state index contributed by atoms with van der Waals surface area (Å²) in [6, 6.07) is 5.30. The van der Waals surface area contributed by atoms with Crippen molar-refractivity contribution in [1.29, 1.82) is 0 Å². The number of benzene rings is 1. The Balaban J connectivity index is 1.73. The van der Waals surface area contributed by atoms with Crippen molar-refractivity contribution in [2.75, 3.05) is 6.54 Å². The molecular formula is C15H16FN3O3. The van der Waals surface area contributed by atoms with Crippen molar-refractivity contribution in [1.82, 2.24) is 15.0 Å². The molecule has 7 heteroatoms. The van der Waals surface area contributed by atoms with Crippen molar-refractivity contribution in [3.8, 4) is 11.4 Å². The second kappa shape index (κ2) is 6.23. The van der Waals surface area contributed by atoms with Gasteiger partial charge in [0.2, 0.25) is 11.7 Å². The molecular weight excluding hydrogens is 289 g/mol. The lowest BCUT2D eigenvalue weighted by Crippen LogP contribution is -2.44. The van der Waals surface area contributed by atoms with E-state index in [0.29, 0.717) is 36.8 Å². The highest BCUT2D eigenvalue weighted by atomic mass is 19.1. The van der Waals surface area contributed by atoms with Crippen LogP contribution in [-0.4, -0.2) is 38.7 Å². The van der Waals surface area contributed by atoms with Gasteiger partial charge in [0.05, 0.1) is 6.54 Å². The second-order valence-corrected chi connectivity index (χ2v) is 5.34. The van der Waals surface area contributed by atoms with E-state index < -0.39 is 12.0 Å². The molecule has 0 radical (unpaired) electrons. The minimum atomic E-state index is -0.821. The lowest BCUT2D eigenvalue weighted by molar-refractivity contribution is -0.145. The van der Waals surface area contributed by atoms with Crippen molar-refractivity contribution < 1.29 is 18.8 Å². The van der Waals surface area contributed by atoms with Gasteiger partial charge in [-0.3, -0.25) is 9.69 Å². The van der Waals surface area contributed by atoms with Crippen LogP contribution in [0.25, 0.3) is 11.4 Å². The molecule has 1 N–H and O–H groups in total. The van der Waals surface area contributed by atoms with E-state index in [1.54, 1.807) is 12.1 Å². The SMILES string of the molecule is O=C(O)C1CCCCN1Cc1nc(-c2ccc(F)cc2)no1. The molecule has 0 aliphatic carbocycles. The van der Waals surface area contributed by atoms with Gasteiger partial charge in [-0.15, -0.1) is 0 Å². The molecule has 0 saturated carbocycles. The quantitative estimate of drug-likeness (QED) is 0.933. The Morgan fingerprint density at radius 2 is 2.14 bits per heavy atom. The number of aromatic nitrogens is 2. The van der Waals surface area contributed by atoms with E-state index in [2.05, 4.69) is 10.1 Å². The molecule has 1 aliphatic heterocycles.